The number of methoxy groups -OCH3 is 1. The van der Waals surface area contributed by atoms with Crippen LogP contribution in [0.2, 0.25) is 0 Å². The summed E-state index contributed by atoms with van der Waals surface area (Å²) < 4.78 is 32.0. The first kappa shape index (κ1) is 11.9. The van der Waals surface area contributed by atoms with Crippen LogP contribution >= 0.6 is 0 Å². The van der Waals surface area contributed by atoms with E-state index in [2.05, 4.69) is 5.32 Å². The molecule has 84 valence electrons. The predicted octanol–water partition coefficient (Wildman–Crippen LogP) is 2.24. The average molecular weight is 215 g/mol. The summed E-state index contributed by atoms with van der Waals surface area (Å²) in [5.74, 6) is -0.203. The molecule has 0 saturated heterocycles. The molecule has 1 unspecified atom stereocenters. The van der Waals surface area contributed by atoms with E-state index in [4.69, 9.17) is 4.74 Å². The number of rotatable bonds is 4. The Bertz CT molecular complexity index is 339. The quantitative estimate of drug-likeness (QED) is 0.831. The molecule has 0 aliphatic rings. The summed E-state index contributed by atoms with van der Waals surface area (Å²) in [5, 5.41) is 2.75. The normalized spacial score (nSPS) is 14.7. The van der Waals surface area contributed by atoms with Crippen LogP contribution in [0, 0.1) is 5.82 Å². The molecule has 1 rings (SSSR count). The molecule has 0 spiro atoms. The zero-order valence-electron chi connectivity index (χ0n) is 9.10. The number of halogens is 2. The van der Waals surface area contributed by atoms with Gasteiger partial charge in [-0.25, -0.2) is 8.78 Å². The van der Waals surface area contributed by atoms with E-state index >= 15 is 0 Å². The Balaban J connectivity index is 3.12. The molecule has 0 aromatic heterocycles. The van der Waals surface area contributed by atoms with E-state index in [-0.39, 0.29) is 12.3 Å². The third kappa shape index (κ3) is 2.65. The molecule has 4 heteroatoms. The Morgan fingerprint density at radius 2 is 2.13 bits per heavy atom. The van der Waals surface area contributed by atoms with Crippen molar-refractivity contribution in [1.82, 2.24) is 5.32 Å². The molecular formula is C11H15F2NO. The van der Waals surface area contributed by atoms with E-state index in [9.17, 15) is 8.78 Å². The van der Waals surface area contributed by atoms with Gasteiger partial charge in [0.05, 0.1) is 7.11 Å². The number of benzene rings is 1. The molecule has 0 bridgehead atoms. The lowest BCUT2D eigenvalue weighted by molar-refractivity contribution is 0.184. The maximum atomic E-state index is 14.1. The van der Waals surface area contributed by atoms with Crippen LogP contribution in [0.1, 0.15) is 12.5 Å². The van der Waals surface area contributed by atoms with Gasteiger partial charge in [0.25, 0.3) is 0 Å². The van der Waals surface area contributed by atoms with Crippen molar-refractivity contribution in [2.75, 3.05) is 20.7 Å². The van der Waals surface area contributed by atoms with Crippen LogP contribution in [0.3, 0.4) is 0 Å². The Hall–Kier alpha value is -1.16. The zero-order chi connectivity index (χ0) is 11.5. The van der Waals surface area contributed by atoms with Gasteiger partial charge < -0.3 is 10.1 Å². The van der Waals surface area contributed by atoms with Gasteiger partial charge in [-0.05, 0) is 26.1 Å². The fourth-order valence-corrected chi connectivity index (χ4v) is 1.52. The first-order valence-electron chi connectivity index (χ1n) is 4.69. The standard InChI is InChI=1S/C11H15F2NO/c1-11(13,7-14-2)9-5-4-8(12)6-10(9)15-3/h4-6,14H,7H2,1-3H3. The van der Waals surface area contributed by atoms with Crippen LogP contribution in [0.5, 0.6) is 5.75 Å². The van der Waals surface area contributed by atoms with Crippen LogP contribution in [0.4, 0.5) is 8.78 Å². The minimum atomic E-state index is -1.58. The molecule has 0 aliphatic carbocycles. The molecule has 0 saturated carbocycles. The molecule has 0 radical (unpaired) electrons. The topological polar surface area (TPSA) is 21.3 Å². The Kier molecular flexibility index (Phi) is 3.63. The van der Waals surface area contributed by atoms with Crippen LogP contribution in [0.15, 0.2) is 18.2 Å². The van der Waals surface area contributed by atoms with E-state index in [1.54, 1.807) is 7.05 Å². The van der Waals surface area contributed by atoms with Gasteiger partial charge in [0.2, 0.25) is 0 Å². The van der Waals surface area contributed by atoms with Crippen molar-refractivity contribution in [3.63, 3.8) is 0 Å². The molecular weight excluding hydrogens is 200 g/mol. The maximum Gasteiger partial charge on any atom is 0.149 e. The Morgan fingerprint density at radius 3 is 2.67 bits per heavy atom. The van der Waals surface area contributed by atoms with Gasteiger partial charge in [0, 0.05) is 18.2 Å². The number of alkyl halides is 1. The molecule has 0 fully saturated rings. The van der Waals surface area contributed by atoms with E-state index < -0.39 is 11.5 Å². The summed E-state index contributed by atoms with van der Waals surface area (Å²) in [6.45, 7) is 1.58. The second-order valence-corrected chi connectivity index (χ2v) is 3.57. The summed E-state index contributed by atoms with van der Waals surface area (Å²) in [6.07, 6.45) is 0. The van der Waals surface area contributed by atoms with Crippen molar-refractivity contribution in [3.8, 4) is 5.75 Å². The molecule has 0 heterocycles. The van der Waals surface area contributed by atoms with Crippen molar-refractivity contribution in [2.45, 2.75) is 12.6 Å². The molecule has 2 nitrogen and oxygen atoms in total. The second kappa shape index (κ2) is 4.57. The zero-order valence-corrected chi connectivity index (χ0v) is 9.10. The molecule has 1 aromatic rings. The largest absolute Gasteiger partial charge is 0.496 e. The van der Waals surface area contributed by atoms with Gasteiger partial charge >= 0.3 is 0 Å². The minimum Gasteiger partial charge on any atom is -0.496 e. The highest BCUT2D eigenvalue weighted by Gasteiger charge is 2.28. The SMILES string of the molecule is CNCC(C)(F)c1ccc(F)cc1OC. The van der Waals surface area contributed by atoms with Crippen molar-refractivity contribution in [3.05, 3.63) is 29.6 Å². The van der Waals surface area contributed by atoms with Crippen molar-refractivity contribution in [2.24, 2.45) is 0 Å². The average Bonchev–Trinajstić information content (AvgIpc) is 2.17. The highest BCUT2D eigenvalue weighted by Crippen LogP contribution is 2.33. The smallest absolute Gasteiger partial charge is 0.149 e. The highest BCUT2D eigenvalue weighted by molar-refractivity contribution is 5.38. The number of likely N-dealkylation sites (N-methyl/N-ethyl adjacent to an activating group) is 1. The van der Waals surface area contributed by atoms with E-state index in [1.807, 2.05) is 0 Å². The number of hydrogen-bond donors (Lipinski definition) is 1. The number of hydrogen-bond acceptors (Lipinski definition) is 2. The molecule has 0 aliphatic heterocycles. The summed E-state index contributed by atoms with van der Waals surface area (Å²) in [6, 6.07) is 3.82. The Morgan fingerprint density at radius 1 is 1.47 bits per heavy atom. The van der Waals surface area contributed by atoms with E-state index in [0.717, 1.165) is 0 Å². The van der Waals surface area contributed by atoms with Gasteiger partial charge in [-0.2, -0.15) is 0 Å². The predicted molar refractivity (Wildman–Crippen MR) is 55.3 cm³/mol. The molecule has 1 N–H and O–H groups in total. The third-order valence-corrected chi connectivity index (χ3v) is 2.23. The van der Waals surface area contributed by atoms with Crippen LogP contribution < -0.4 is 10.1 Å². The van der Waals surface area contributed by atoms with Gasteiger partial charge in [0.1, 0.15) is 17.2 Å². The highest BCUT2D eigenvalue weighted by atomic mass is 19.1. The molecule has 0 amide bonds. The van der Waals surface area contributed by atoms with Gasteiger partial charge in [-0.15, -0.1) is 0 Å². The fourth-order valence-electron chi connectivity index (χ4n) is 1.52. The maximum absolute atomic E-state index is 14.1. The number of nitrogens with one attached hydrogen (secondary N) is 1. The number of ether oxygens (including phenoxy) is 1. The van der Waals surface area contributed by atoms with Gasteiger partial charge in [-0.1, -0.05) is 0 Å². The van der Waals surface area contributed by atoms with Gasteiger partial charge in [-0.3, -0.25) is 0 Å². The second-order valence-electron chi connectivity index (χ2n) is 3.57. The lowest BCUT2D eigenvalue weighted by atomic mass is 9.97. The summed E-state index contributed by atoms with van der Waals surface area (Å²) in [5.41, 5.74) is -1.23. The summed E-state index contributed by atoms with van der Waals surface area (Å²) in [4.78, 5) is 0. The van der Waals surface area contributed by atoms with Crippen LogP contribution in [0.25, 0.3) is 0 Å². The molecule has 1 atom stereocenters. The summed E-state index contributed by atoms with van der Waals surface area (Å²) >= 11 is 0. The third-order valence-electron chi connectivity index (χ3n) is 2.23. The van der Waals surface area contributed by atoms with Crippen molar-refractivity contribution < 1.29 is 13.5 Å². The van der Waals surface area contributed by atoms with E-state index in [1.165, 1.54) is 32.2 Å². The summed E-state index contributed by atoms with van der Waals surface area (Å²) in [7, 11) is 3.06. The lowest BCUT2D eigenvalue weighted by Gasteiger charge is -2.22. The molecule has 15 heavy (non-hydrogen) atoms. The first-order valence-corrected chi connectivity index (χ1v) is 4.69. The molecule has 1 aromatic carbocycles. The van der Waals surface area contributed by atoms with E-state index in [0.29, 0.717) is 5.56 Å². The Labute approximate surface area is 88.3 Å². The monoisotopic (exact) mass is 215 g/mol. The van der Waals surface area contributed by atoms with Crippen LogP contribution in [-0.2, 0) is 5.67 Å². The van der Waals surface area contributed by atoms with Crippen molar-refractivity contribution >= 4 is 0 Å². The van der Waals surface area contributed by atoms with Crippen molar-refractivity contribution in [1.29, 1.82) is 0 Å². The first-order chi connectivity index (χ1) is 7.01. The minimum absolute atomic E-state index is 0.148. The van der Waals surface area contributed by atoms with Crippen LogP contribution in [-0.4, -0.2) is 20.7 Å². The van der Waals surface area contributed by atoms with Gasteiger partial charge in [0.15, 0.2) is 0 Å². The fraction of sp³-hybridized carbons (Fsp3) is 0.455. The lowest BCUT2D eigenvalue weighted by Crippen LogP contribution is -2.29.